The minimum Gasteiger partial charge on any atom is -0.397 e. The van der Waals surface area contributed by atoms with Crippen LogP contribution in [-0.4, -0.2) is 0 Å². The van der Waals surface area contributed by atoms with E-state index < -0.39 is 0 Å². The highest BCUT2D eigenvalue weighted by Gasteiger charge is 2.38. The molecular weight excluding hydrogens is 270 g/mol. The molecule has 4 N–H and O–H groups in total. The van der Waals surface area contributed by atoms with Crippen LogP contribution in [0, 0.1) is 5.92 Å². The molecule has 1 unspecified atom stereocenters. The van der Waals surface area contributed by atoms with Gasteiger partial charge in [0.2, 0.25) is 0 Å². The molecule has 2 atom stereocenters. The van der Waals surface area contributed by atoms with Gasteiger partial charge in [-0.15, -0.1) is 0 Å². The van der Waals surface area contributed by atoms with Crippen molar-refractivity contribution < 1.29 is 0 Å². The summed E-state index contributed by atoms with van der Waals surface area (Å²) < 4.78 is 0. The summed E-state index contributed by atoms with van der Waals surface area (Å²) in [6.07, 6.45) is 4.29. The highest BCUT2D eigenvalue weighted by atomic mass is 15.4. The van der Waals surface area contributed by atoms with Crippen LogP contribution in [0.4, 0.5) is 5.69 Å². The van der Waals surface area contributed by atoms with E-state index in [9.17, 15) is 0 Å². The molecule has 1 aliphatic rings. The molecule has 0 radical (unpaired) electrons. The summed E-state index contributed by atoms with van der Waals surface area (Å²) in [7, 11) is 0. The van der Waals surface area contributed by atoms with Crippen molar-refractivity contribution in [3.8, 4) is 0 Å². The largest absolute Gasteiger partial charge is 0.397 e. The number of nitrogens with two attached hydrogens (primary N) is 2. The molecule has 3 nitrogen and oxygen atoms in total. The lowest BCUT2D eigenvalue weighted by Gasteiger charge is -2.19. The molecule has 22 heavy (non-hydrogen) atoms. The number of para-hydroxylation sites is 1. The Labute approximate surface area is 132 Å². The van der Waals surface area contributed by atoms with Crippen LogP contribution in [0.15, 0.2) is 60.8 Å². The quantitative estimate of drug-likeness (QED) is 0.650. The number of hydrogen-bond acceptors (Lipinski definition) is 3. The first kappa shape index (κ1) is 14.7. The monoisotopic (exact) mass is 293 g/mol. The van der Waals surface area contributed by atoms with E-state index in [0.717, 1.165) is 17.2 Å². The van der Waals surface area contributed by atoms with Gasteiger partial charge in [-0.05, 0) is 35.4 Å². The molecule has 2 aromatic rings. The van der Waals surface area contributed by atoms with Crippen LogP contribution in [0.2, 0.25) is 0 Å². The lowest BCUT2D eigenvalue weighted by molar-refractivity contribution is 0.765. The molecule has 1 saturated carbocycles. The predicted molar refractivity (Wildman–Crippen MR) is 92.9 cm³/mol. The van der Waals surface area contributed by atoms with Gasteiger partial charge in [-0.25, -0.2) is 5.84 Å². The standard InChI is InChI=1S/C19H23N3/c1-2-14-12-17(14)16-10-6-7-11-19(16)22(21)13-18(20)15-8-4-3-5-9-15/h3-11,13-14,17H,2,12,20-21H2,1H3/b18-13-/t14-,17?/m0/s1. The maximum Gasteiger partial charge on any atom is 0.0604 e. The van der Waals surface area contributed by atoms with Gasteiger partial charge in [0.05, 0.1) is 11.4 Å². The van der Waals surface area contributed by atoms with Crippen LogP contribution < -0.4 is 16.6 Å². The molecule has 0 bridgehead atoms. The van der Waals surface area contributed by atoms with Gasteiger partial charge in [0.25, 0.3) is 0 Å². The van der Waals surface area contributed by atoms with Crippen molar-refractivity contribution in [1.82, 2.24) is 0 Å². The van der Waals surface area contributed by atoms with E-state index in [4.69, 9.17) is 11.6 Å². The summed E-state index contributed by atoms with van der Waals surface area (Å²) in [4.78, 5) is 0. The molecule has 0 aromatic heterocycles. The second kappa shape index (κ2) is 6.24. The number of anilines is 1. The topological polar surface area (TPSA) is 55.3 Å². The Balaban J connectivity index is 1.85. The maximum absolute atomic E-state index is 6.26. The highest BCUT2D eigenvalue weighted by Crippen LogP contribution is 2.51. The molecule has 3 rings (SSSR count). The maximum atomic E-state index is 6.26. The average molecular weight is 293 g/mol. The molecule has 0 aliphatic heterocycles. The first-order valence-corrected chi connectivity index (χ1v) is 7.86. The molecule has 1 fully saturated rings. The van der Waals surface area contributed by atoms with Gasteiger partial charge in [-0.3, -0.25) is 5.01 Å². The van der Waals surface area contributed by atoms with E-state index in [2.05, 4.69) is 25.1 Å². The molecular formula is C19H23N3. The van der Waals surface area contributed by atoms with Crippen molar-refractivity contribution in [1.29, 1.82) is 0 Å². The van der Waals surface area contributed by atoms with Crippen LogP contribution >= 0.6 is 0 Å². The van der Waals surface area contributed by atoms with E-state index in [1.807, 2.05) is 36.4 Å². The molecule has 0 amide bonds. The second-order valence-electron chi connectivity index (χ2n) is 5.93. The zero-order chi connectivity index (χ0) is 15.5. The van der Waals surface area contributed by atoms with Gasteiger partial charge in [-0.2, -0.15) is 0 Å². The summed E-state index contributed by atoms with van der Waals surface area (Å²) in [6, 6.07) is 18.2. The van der Waals surface area contributed by atoms with Crippen molar-refractivity contribution in [2.75, 3.05) is 5.01 Å². The Morgan fingerprint density at radius 3 is 2.50 bits per heavy atom. The highest BCUT2D eigenvalue weighted by molar-refractivity contribution is 5.67. The summed E-state index contributed by atoms with van der Waals surface area (Å²) in [6.45, 7) is 2.25. The van der Waals surface area contributed by atoms with Crippen LogP contribution in [0.3, 0.4) is 0 Å². The lowest BCUT2D eigenvalue weighted by Crippen LogP contribution is -2.26. The fourth-order valence-electron chi connectivity index (χ4n) is 3.04. The number of benzene rings is 2. The number of nitrogens with zero attached hydrogens (tertiary/aromatic N) is 1. The van der Waals surface area contributed by atoms with Gasteiger partial charge in [-0.1, -0.05) is 61.9 Å². The predicted octanol–water partition coefficient (Wildman–Crippen LogP) is 3.84. The third-order valence-corrected chi connectivity index (χ3v) is 4.45. The van der Waals surface area contributed by atoms with E-state index in [-0.39, 0.29) is 0 Å². The minimum absolute atomic E-state index is 0.638. The first-order valence-electron chi connectivity index (χ1n) is 7.86. The van der Waals surface area contributed by atoms with Gasteiger partial charge in [0.1, 0.15) is 0 Å². The molecule has 1 aliphatic carbocycles. The normalized spacial score (nSPS) is 20.7. The van der Waals surface area contributed by atoms with E-state index in [0.29, 0.717) is 11.6 Å². The SMILES string of the molecule is CC[C@H]1CC1c1ccccc1N(N)/C=C(\N)c1ccccc1. The van der Waals surface area contributed by atoms with E-state index >= 15 is 0 Å². The summed E-state index contributed by atoms with van der Waals surface area (Å²) in [5.74, 6) is 7.70. The Hall–Kier alpha value is -2.26. The van der Waals surface area contributed by atoms with E-state index in [1.54, 1.807) is 11.2 Å². The average Bonchev–Trinajstić information content (AvgIpc) is 3.35. The van der Waals surface area contributed by atoms with Gasteiger partial charge >= 0.3 is 0 Å². The lowest BCUT2D eigenvalue weighted by atomic mass is 10.1. The molecule has 114 valence electrons. The van der Waals surface area contributed by atoms with Crippen molar-refractivity contribution >= 4 is 11.4 Å². The summed E-state index contributed by atoms with van der Waals surface area (Å²) in [5.41, 5.74) is 10.2. The molecule has 0 heterocycles. The molecule has 3 heteroatoms. The van der Waals surface area contributed by atoms with Gasteiger partial charge < -0.3 is 5.73 Å². The smallest absolute Gasteiger partial charge is 0.0604 e. The molecule has 0 saturated heterocycles. The Kier molecular flexibility index (Phi) is 4.16. The van der Waals surface area contributed by atoms with Crippen LogP contribution in [0.1, 0.15) is 36.8 Å². The van der Waals surface area contributed by atoms with Crippen LogP contribution in [-0.2, 0) is 0 Å². The Bertz CT molecular complexity index is 663. The summed E-state index contributed by atoms with van der Waals surface area (Å²) >= 11 is 0. The van der Waals surface area contributed by atoms with Crippen molar-refractivity contribution in [3.63, 3.8) is 0 Å². The van der Waals surface area contributed by atoms with Crippen molar-refractivity contribution in [2.24, 2.45) is 17.5 Å². The third kappa shape index (κ3) is 3.00. The zero-order valence-electron chi connectivity index (χ0n) is 12.9. The summed E-state index contributed by atoms with van der Waals surface area (Å²) in [5, 5.41) is 1.66. The zero-order valence-corrected chi connectivity index (χ0v) is 12.9. The Morgan fingerprint density at radius 2 is 1.82 bits per heavy atom. The van der Waals surface area contributed by atoms with Gasteiger partial charge in [0, 0.05) is 6.20 Å². The Morgan fingerprint density at radius 1 is 1.14 bits per heavy atom. The van der Waals surface area contributed by atoms with Gasteiger partial charge in [0.15, 0.2) is 0 Å². The molecule has 0 spiro atoms. The number of hydrogen-bond donors (Lipinski definition) is 2. The fourth-order valence-corrected chi connectivity index (χ4v) is 3.04. The number of rotatable bonds is 5. The third-order valence-electron chi connectivity index (χ3n) is 4.45. The fraction of sp³-hybridized carbons (Fsp3) is 0.263. The van der Waals surface area contributed by atoms with Crippen LogP contribution in [0.5, 0.6) is 0 Å². The minimum atomic E-state index is 0.638. The first-order chi connectivity index (χ1) is 10.7. The van der Waals surface area contributed by atoms with E-state index in [1.165, 1.54) is 18.4 Å². The second-order valence-corrected chi connectivity index (χ2v) is 5.93. The van der Waals surface area contributed by atoms with Crippen LogP contribution in [0.25, 0.3) is 5.70 Å². The van der Waals surface area contributed by atoms with Crippen molar-refractivity contribution in [3.05, 3.63) is 71.9 Å². The van der Waals surface area contributed by atoms with Crippen molar-refractivity contribution in [2.45, 2.75) is 25.7 Å². The molecule has 2 aromatic carbocycles. The number of hydrazine groups is 1.